The lowest BCUT2D eigenvalue weighted by molar-refractivity contribution is -0.117. The average Bonchev–Trinajstić information content (AvgIpc) is 3.32. The van der Waals surface area contributed by atoms with Crippen LogP contribution < -0.4 is 9.08 Å². The first-order valence-electron chi connectivity index (χ1n) is 13.0. The van der Waals surface area contributed by atoms with Gasteiger partial charge in [-0.15, -0.1) is 0 Å². The molecule has 1 aromatic carbocycles. The largest absolute Gasteiger partial charge is 0.534 e. The highest BCUT2D eigenvalue weighted by atomic mass is 32.2. The van der Waals surface area contributed by atoms with Gasteiger partial charge in [-0.2, -0.15) is 26.7 Å². The molecule has 0 spiro atoms. The van der Waals surface area contributed by atoms with Crippen LogP contribution in [0.5, 0.6) is 5.75 Å². The second kappa shape index (κ2) is 10.6. The molecule has 2 aromatic rings. The van der Waals surface area contributed by atoms with Crippen LogP contribution >= 0.6 is 0 Å². The summed E-state index contributed by atoms with van der Waals surface area (Å²) < 4.78 is 76.1. The number of anilines is 1. The van der Waals surface area contributed by atoms with E-state index in [-0.39, 0.29) is 35.5 Å². The number of aromatic nitrogens is 2. The number of likely N-dealkylation sites (tertiary alicyclic amines) is 1. The van der Waals surface area contributed by atoms with E-state index in [1.165, 1.54) is 24.1 Å². The van der Waals surface area contributed by atoms with Crippen LogP contribution in [0.15, 0.2) is 24.5 Å². The molecule has 2 amide bonds. The number of fused-ring (bicyclic) bond motifs is 1. The molecule has 14 heteroatoms. The molecule has 2 aliphatic rings. The van der Waals surface area contributed by atoms with E-state index in [0.29, 0.717) is 43.6 Å². The van der Waals surface area contributed by atoms with Crippen LogP contribution in [0.1, 0.15) is 65.5 Å². The molecule has 3 heterocycles. The molecule has 1 fully saturated rings. The number of nitrogens with zero attached hydrogens (tertiary/aromatic N) is 4. The fourth-order valence-electron chi connectivity index (χ4n) is 5.08. The Hall–Kier alpha value is -3.29. The van der Waals surface area contributed by atoms with Crippen LogP contribution in [0.4, 0.5) is 23.7 Å². The smallest absolute Gasteiger partial charge is 0.444 e. The van der Waals surface area contributed by atoms with Crippen LogP contribution in [0, 0.1) is 0 Å². The summed E-state index contributed by atoms with van der Waals surface area (Å²) in [5.41, 5.74) is -5.26. The van der Waals surface area contributed by atoms with Crippen molar-refractivity contribution in [2.24, 2.45) is 0 Å². The van der Waals surface area contributed by atoms with Crippen LogP contribution in [0.25, 0.3) is 11.1 Å². The summed E-state index contributed by atoms with van der Waals surface area (Å²) in [6.07, 6.45) is 4.42. The maximum Gasteiger partial charge on any atom is 0.534 e. The molecule has 2 aliphatic heterocycles. The standard InChI is InChI=1S/C26H33F3N4O6S/c1-16-6-7-21-22(33(16)17(2)34)9-8-20(23(21)39-40(36,37)26(27,28)29)18-14-30-32(15-18)19-10-12-31(13-11-19)24(35)38-25(3,4)5/h8-9,14-16,19H,6-7,10-13H2,1-5H3/t16-/m0/s1. The molecule has 1 saturated heterocycles. The van der Waals surface area contributed by atoms with E-state index in [4.69, 9.17) is 8.92 Å². The lowest BCUT2D eigenvalue weighted by Gasteiger charge is -2.35. The third-order valence-corrected chi connectivity index (χ3v) is 7.92. The second-order valence-electron chi connectivity index (χ2n) is 11.1. The number of piperidine rings is 1. The number of rotatable bonds is 4. The first-order chi connectivity index (χ1) is 18.5. The van der Waals surface area contributed by atoms with Crippen LogP contribution in [0.2, 0.25) is 0 Å². The van der Waals surface area contributed by atoms with Gasteiger partial charge in [-0.05, 0) is 65.5 Å². The van der Waals surface area contributed by atoms with E-state index in [2.05, 4.69) is 5.10 Å². The first-order valence-corrected chi connectivity index (χ1v) is 14.4. The zero-order valence-corrected chi connectivity index (χ0v) is 23.8. The molecule has 0 saturated carbocycles. The molecular weight excluding hydrogens is 553 g/mol. The third kappa shape index (κ3) is 6.06. The van der Waals surface area contributed by atoms with Crippen LogP contribution in [0.3, 0.4) is 0 Å². The molecular formula is C26H33F3N4O6S. The molecule has 0 bridgehead atoms. The summed E-state index contributed by atoms with van der Waals surface area (Å²) in [5.74, 6) is -0.788. The maximum absolute atomic E-state index is 13.3. The SMILES string of the molecule is CC(=O)N1c2ccc(-c3cnn(C4CCN(C(=O)OC(C)(C)C)CC4)c3)c(OS(=O)(=O)C(F)(F)F)c2CC[C@@H]1C. The Morgan fingerprint density at radius 2 is 1.73 bits per heavy atom. The van der Waals surface area contributed by atoms with Gasteiger partial charge in [0.25, 0.3) is 0 Å². The van der Waals surface area contributed by atoms with Gasteiger partial charge in [0.1, 0.15) is 5.60 Å². The minimum atomic E-state index is -5.99. The summed E-state index contributed by atoms with van der Waals surface area (Å²) >= 11 is 0. The van der Waals surface area contributed by atoms with Crippen molar-refractivity contribution in [2.75, 3.05) is 18.0 Å². The molecule has 0 aliphatic carbocycles. The Balaban J connectivity index is 1.66. The molecule has 4 rings (SSSR count). The highest BCUT2D eigenvalue weighted by Crippen LogP contribution is 2.45. The topological polar surface area (TPSA) is 111 Å². The number of ether oxygens (including phenoxy) is 1. The van der Waals surface area contributed by atoms with Gasteiger partial charge in [0.05, 0.1) is 17.9 Å². The van der Waals surface area contributed by atoms with E-state index in [1.54, 1.807) is 42.6 Å². The van der Waals surface area contributed by atoms with Crippen molar-refractivity contribution in [3.05, 3.63) is 30.1 Å². The van der Waals surface area contributed by atoms with E-state index in [9.17, 15) is 31.2 Å². The van der Waals surface area contributed by atoms with Crippen molar-refractivity contribution in [1.29, 1.82) is 0 Å². The molecule has 0 N–H and O–H groups in total. The van der Waals surface area contributed by atoms with Crippen molar-refractivity contribution in [1.82, 2.24) is 14.7 Å². The molecule has 10 nitrogen and oxygen atoms in total. The number of alkyl halides is 3. The van der Waals surface area contributed by atoms with E-state index >= 15 is 0 Å². The quantitative estimate of drug-likeness (QED) is 0.365. The summed E-state index contributed by atoms with van der Waals surface area (Å²) in [5, 5.41) is 4.39. The first kappa shape index (κ1) is 29.7. The van der Waals surface area contributed by atoms with E-state index < -0.39 is 33.1 Å². The fraction of sp³-hybridized carbons (Fsp3) is 0.577. The zero-order valence-electron chi connectivity index (χ0n) is 23.0. The molecule has 1 atom stereocenters. The minimum Gasteiger partial charge on any atom is -0.444 e. The fourth-order valence-corrected chi connectivity index (χ4v) is 5.58. The second-order valence-corrected chi connectivity index (χ2v) is 12.6. The van der Waals surface area contributed by atoms with Crippen molar-refractivity contribution >= 4 is 27.8 Å². The van der Waals surface area contributed by atoms with Gasteiger partial charge >= 0.3 is 21.7 Å². The zero-order chi connectivity index (χ0) is 29.6. The van der Waals surface area contributed by atoms with Crippen LogP contribution in [-0.2, 0) is 26.1 Å². The monoisotopic (exact) mass is 586 g/mol. The molecule has 0 radical (unpaired) electrons. The Morgan fingerprint density at radius 3 is 2.30 bits per heavy atom. The van der Waals surface area contributed by atoms with Crippen LogP contribution in [-0.4, -0.2) is 65.3 Å². The average molecular weight is 587 g/mol. The number of hydrogen-bond donors (Lipinski definition) is 0. The molecule has 220 valence electrons. The Labute approximate surface area is 231 Å². The molecule has 1 aromatic heterocycles. The van der Waals surface area contributed by atoms with Gasteiger partial charge in [-0.25, -0.2) is 4.79 Å². The van der Waals surface area contributed by atoms with Crippen molar-refractivity contribution < 1.29 is 40.1 Å². The van der Waals surface area contributed by atoms with Gasteiger partial charge < -0.3 is 18.7 Å². The lowest BCUT2D eigenvalue weighted by atomic mass is 9.92. The number of amides is 2. The number of benzene rings is 1. The lowest BCUT2D eigenvalue weighted by Crippen LogP contribution is -2.42. The molecule has 40 heavy (non-hydrogen) atoms. The van der Waals surface area contributed by atoms with Gasteiger partial charge in [0.15, 0.2) is 5.75 Å². The highest BCUT2D eigenvalue weighted by Gasteiger charge is 2.49. The van der Waals surface area contributed by atoms with Gasteiger partial charge in [0.2, 0.25) is 5.91 Å². The Kier molecular flexibility index (Phi) is 7.87. The van der Waals surface area contributed by atoms with Crippen molar-refractivity contribution in [3.8, 4) is 16.9 Å². The summed E-state index contributed by atoms with van der Waals surface area (Å²) in [6, 6.07) is 2.71. The Bertz CT molecular complexity index is 1390. The summed E-state index contributed by atoms with van der Waals surface area (Å²) in [6.45, 7) is 9.39. The van der Waals surface area contributed by atoms with E-state index in [1.807, 2.05) is 6.92 Å². The van der Waals surface area contributed by atoms with Gasteiger partial charge in [0, 0.05) is 48.9 Å². The van der Waals surface area contributed by atoms with Crippen molar-refractivity contribution in [2.45, 2.75) is 83.5 Å². The van der Waals surface area contributed by atoms with Gasteiger partial charge in [-0.1, -0.05) is 0 Å². The summed E-state index contributed by atoms with van der Waals surface area (Å²) in [7, 11) is -5.99. The highest BCUT2D eigenvalue weighted by molar-refractivity contribution is 7.88. The number of halogens is 3. The van der Waals surface area contributed by atoms with Gasteiger partial charge in [-0.3, -0.25) is 9.48 Å². The predicted octanol–water partition coefficient (Wildman–Crippen LogP) is 5.04. The number of carbonyl (C=O) groups is 2. The predicted molar refractivity (Wildman–Crippen MR) is 140 cm³/mol. The third-order valence-electron chi connectivity index (χ3n) is 6.97. The maximum atomic E-state index is 13.3. The molecule has 0 unspecified atom stereocenters. The Morgan fingerprint density at radius 1 is 1.07 bits per heavy atom. The van der Waals surface area contributed by atoms with E-state index in [0.717, 1.165) is 0 Å². The minimum absolute atomic E-state index is 0.0950. The van der Waals surface area contributed by atoms with Crippen molar-refractivity contribution in [3.63, 3.8) is 0 Å². The number of carbonyl (C=O) groups excluding carboxylic acids is 2. The number of hydrogen-bond acceptors (Lipinski definition) is 7. The normalized spacial score (nSPS) is 18.9. The summed E-state index contributed by atoms with van der Waals surface area (Å²) in [4.78, 5) is 27.8.